The Bertz CT molecular complexity index is 1500. The van der Waals surface area contributed by atoms with Crippen molar-refractivity contribution in [3.63, 3.8) is 0 Å². The van der Waals surface area contributed by atoms with E-state index < -0.39 is 17.8 Å². The van der Waals surface area contributed by atoms with Crippen LogP contribution < -0.4 is 5.32 Å². The molecule has 4 aromatic rings. The van der Waals surface area contributed by atoms with Gasteiger partial charge in [-0.3, -0.25) is 9.20 Å². The van der Waals surface area contributed by atoms with Gasteiger partial charge in [0.15, 0.2) is 5.82 Å². The highest BCUT2D eigenvalue weighted by molar-refractivity contribution is 6.04. The molecule has 0 radical (unpaired) electrons. The number of fused-ring (bicyclic) bond motifs is 1. The molecular weight excluding hydrogens is 467 g/mol. The second kappa shape index (κ2) is 8.43. The molecule has 1 saturated carbocycles. The highest BCUT2D eigenvalue weighted by Crippen LogP contribution is 2.40. The fraction of sp³-hybridized carbons (Fsp3) is 0.320. The highest BCUT2D eigenvalue weighted by Gasteiger charge is 2.35. The van der Waals surface area contributed by atoms with Gasteiger partial charge in [-0.05, 0) is 49.4 Å². The van der Waals surface area contributed by atoms with E-state index in [4.69, 9.17) is 9.26 Å². The van der Waals surface area contributed by atoms with Crippen molar-refractivity contribution in [2.24, 2.45) is 0 Å². The molecule has 4 heterocycles. The zero-order chi connectivity index (χ0) is 25.0. The Labute approximate surface area is 205 Å². The summed E-state index contributed by atoms with van der Waals surface area (Å²) in [4.78, 5) is 34.9. The molecule has 11 heteroatoms. The summed E-state index contributed by atoms with van der Waals surface area (Å²) in [6, 6.07) is 6.84. The van der Waals surface area contributed by atoms with Crippen LogP contribution in [0.1, 0.15) is 52.1 Å². The molecule has 3 aromatic heterocycles. The van der Waals surface area contributed by atoms with Crippen molar-refractivity contribution in [3.8, 4) is 11.5 Å². The maximum atomic E-state index is 14.8. The van der Waals surface area contributed by atoms with Crippen LogP contribution in [0, 0.1) is 12.7 Å². The minimum Gasteiger partial charge on any atom is -0.453 e. The second-order valence-electron chi connectivity index (χ2n) is 9.22. The van der Waals surface area contributed by atoms with E-state index in [0.29, 0.717) is 47.4 Å². The minimum absolute atomic E-state index is 0.0910. The number of methoxy groups -OCH3 is 1. The summed E-state index contributed by atoms with van der Waals surface area (Å²) < 4.78 is 26.6. The number of imidazole rings is 1. The fourth-order valence-corrected chi connectivity index (χ4v) is 4.38. The third-order valence-corrected chi connectivity index (χ3v) is 6.77. The SMILES string of the molecule is COC(=O)N1CC(c2noc(-c3cc(F)c(C)c(NC(=O)c4cnc5ccc(C6CC6)cn45)c3)n2)C1. The minimum atomic E-state index is -0.516. The first kappa shape index (κ1) is 22.2. The Balaban J connectivity index is 1.24. The lowest BCUT2D eigenvalue weighted by Gasteiger charge is -2.35. The van der Waals surface area contributed by atoms with Crippen LogP contribution in [0.4, 0.5) is 14.9 Å². The number of aromatic nitrogens is 4. The van der Waals surface area contributed by atoms with Gasteiger partial charge in [-0.2, -0.15) is 4.98 Å². The number of likely N-dealkylation sites (tertiary alicyclic amines) is 1. The van der Waals surface area contributed by atoms with Gasteiger partial charge in [0.1, 0.15) is 17.2 Å². The number of nitrogens with zero attached hydrogens (tertiary/aromatic N) is 5. The number of anilines is 1. The average Bonchev–Trinajstić information content (AvgIpc) is 3.43. The lowest BCUT2D eigenvalue weighted by atomic mass is 10.0. The van der Waals surface area contributed by atoms with Crippen LogP contribution in [0.15, 0.2) is 41.2 Å². The van der Waals surface area contributed by atoms with Crippen molar-refractivity contribution in [2.45, 2.75) is 31.6 Å². The Morgan fingerprint density at radius 2 is 2.00 bits per heavy atom. The van der Waals surface area contributed by atoms with Gasteiger partial charge < -0.3 is 19.5 Å². The molecule has 1 saturated heterocycles. The Morgan fingerprint density at radius 1 is 1.19 bits per heavy atom. The number of pyridine rings is 1. The summed E-state index contributed by atoms with van der Waals surface area (Å²) in [5.41, 5.74) is 3.12. The van der Waals surface area contributed by atoms with Crippen LogP contribution in [0.25, 0.3) is 17.1 Å². The van der Waals surface area contributed by atoms with E-state index in [1.807, 2.05) is 18.3 Å². The molecule has 0 spiro atoms. The van der Waals surface area contributed by atoms with Crippen molar-refractivity contribution in [3.05, 3.63) is 65.1 Å². The van der Waals surface area contributed by atoms with Gasteiger partial charge in [0, 0.05) is 36.1 Å². The van der Waals surface area contributed by atoms with Crippen molar-refractivity contribution in [2.75, 3.05) is 25.5 Å². The molecule has 2 amide bonds. The van der Waals surface area contributed by atoms with E-state index in [0.717, 1.165) is 12.8 Å². The van der Waals surface area contributed by atoms with Gasteiger partial charge in [0.05, 0.1) is 19.2 Å². The summed E-state index contributed by atoms with van der Waals surface area (Å²) in [5, 5.41) is 6.80. The van der Waals surface area contributed by atoms with E-state index in [2.05, 4.69) is 20.4 Å². The van der Waals surface area contributed by atoms with Crippen LogP contribution in [-0.4, -0.2) is 56.6 Å². The smallest absolute Gasteiger partial charge is 0.409 e. The van der Waals surface area contributed by atoms with Crippen LogP contribution in [0.5, 0.6) is 0 Å². The van der Waals surface area contributed by atoms with Crippen molar-refractivity contribution in [1.82, 2.24) is 24.4 Å². The number of hydrogen-bond acceptors (Lipinski definition) is 7. The number of hydrogen-bond donors (Lipinski definition) is 1. The number of amides is 2. The summed E-state index contributed by atoms with van der Waals surface area (Å²) in [7, 11) is 1.32. The van der Waals surface area contributed by atoms with Gasteiger partial charge in [-0.15, -0.1) is 0 Å². The lowest BCUT2D eigenvalue weighted by molar-refractivity contribution is 0.0857. The molecule has 36 heavy (non-hydrogen) atoms. The predicted molar refractivity (Wildman–Crippen MR) is 126 cm³/mol. The molecule has 0 bridgehead atoms. The van der Waals surface area contributed by atoms with Crippen molar-refractivity contribution in [1.29, 1.82) is 0 Å². The molecule has 184 valence electrons. The van der Waals surface area contributed by atoms with Crippen molar-refractivity contribution >= 4 is 23.3 Å². The van der Waals surface area contributed by atoms with Gasteiger partial charge in [-0.1, -0.05) is 11.2 Å². The van der Waals surface area contributed by atoms with Gasteiger partial charge >= 0.3 is 6.09 Å². The summed E-state index contributed by atoms with van der Waals surface area (Å²) in [6.45, 7) is 2.41. The van der Waals surface area contributed by atoms with E-state index in [1.54, 1.807) is 17.4 Å². The van der Waals surface area contributed by atoms with Gasteiger partial charge in [0.2, 0.25) is 0 Å². The number of nitrogens with one attached hydrogen (secondary N) is 1. The number of ether oxygens (including phenoxy) is 1. The number of rotatable bonds is 5. The predicted octanol–water partition coefficient (Wildman–Crippen LogP) is 4.13. The van der Waals surface area contributed by atoms with Crippen LogP contribution >= 0.6 is 0 Å². The molecule has 1 aliphatic heterocycles. The first-order valence-corrected chi connectivity index (χ1v) is 11.7. The normalized spacial score (nSPS) is 15.7. The van der Waals surface area contributed by atoms with E-state index in [-0.39, 0.29) is 17.4 Å². The van der Waals surface area contributed by atoms with Crippen molar-refractivity contribution < 1.29 is 23.2 Å². The quantitative estimate of drug-likeness (QED) is 0.447. The Kier molecular flexibility index (Phi) is 5.20. The largest absolute Gasteiger partial charge is 0.453 e. The number of carbonyl (C=O) groups excluding carboxylic acids is 2. The average molecular weight is 490 g/mol. The highest BCUT2D eigenvalue weighted by atomic mass is 19.1. The molecule has 0 atom stereocenters. The third kappa shape index (κ3) is 3.86. The van der Waals surface area contributed by atoms with E-state index in [1.165, 1.54) is 29.8 Å². The lowest BCUT2D eigenvalue weighted by Crippen LogP contribution is -2.48. The summed E-state index contributed by atoms with van der Waals surface area (Å²) in [6.07, 6.45) is 5.34. The molecule has 2 aliphatic rings. The molecule has 1 aromatic carbocycles. The first-order chi connectivity index (χ1) is 17.4. The fourth-order valence-electron chi connectivity index (χ4n) is 4.38. The molecule has 10 nitrogen and oxygen atoms in total. The van der Waals surface area contributed by atoms with Gasteiger partial charge in [0.25, 0.3) is 11.8 Å². The van der Waals surface area contributed by atoms with E-state index >= 15 is 0 Å². The number of benzene rings is 1. The Hall–Kier alpha value is -4.28. The third-order valence-electron chi connectivity index (χ3n) is 6.77. The maximum Gasteiger partial charge on any atom is 0.409 e. The maximum absolute atomic E-state index is 14.8. The molecule has 0 unspecified atom stereocenters. The van der Waals surface area contributed by atoms with Crippen LogP contribution in [0.2, 0.25) is 0 Å². The van der Waals surface area contributed by atoms with Crippen LogP contribution in [-0.2, 0) is 4.74 Å². The standard InChI is InChI=1S/C25H23FN6O4/c1-13-18(26)7-16(24-29-22(30-36-24)17-10-31(11-17)25(34)35-2)8-19(13)28-23(33)20-9-27-21-6-5-15(12-32(20)21)14-3-4-14/h5-9,12,14,17H,3-4,10-11H2,1-2H3,(H,28,33). The molecule has 6 rings (SSSR count). The number of carbonyl (C=O) groups is 2. The molecule has 2 fully saturated rings. The summed E-state index contributed by atoms with van der Waals surface area (Å²) >= 11 is 0. The van der Waals surface area contributed by atoms with Gasteiger partial charge in [-0.25, -0.2) is 14.2 Å². The molecule has 1 aliphatic carbocycles. The molecular formula is C25H23FN6O4. The Morgan fingerprint density at radius 3 is 2.75 bits per heavy atom. The second-order valence-corrected chi connectivity index (χ2v) is 9.22. The topological polar surface area (TPSA) is 115 Å². The monoisotopic (exact) mass is 490 g/mol. The van der Waals surface area contributed by atoms with Crippen LogP contribution in [0.3, 0.4) is 0 Å². The molecule has 1 N–H and O–H groups in total. The zero-order valence-electron chi connectivity index (χ0n) is 19.7. The summed E-state index contributed by atoms with van der Waals surface area (Å²) in [5.74, 6) is 0.0693. The zero-order valence-corrected chi connectivity index (χ0v) is 19.7. The number of halogens is 1. The van der Waals surface area contributed by atoms with E-state index in [9.17, 15) is 14.0 Å². The first-order valence-electron chi connectivity index (χ1n) is 11.7.